The molecular formula is C26H25Cl2NO4. The summed E-state index contributed by atoms with van der Waals surface area (Å²) in [5, 5.41) is 4.36. The van der Waals surface area contributed by atoms with Crippen LogP contribution in [-0.2, 0) is 14.3 Å². The Balaban J connectivity index is 1.80. The topological polar surface area (TPSA) is 64.6 Å². The number of carbonyl (C=O) groups is 2. The molecule has 7 heteroatoms. The van der Waals surface area contributed by atoms with Gasteiger partial charge < -0.3 is 14.8 Å². The van der Waals surface area contributed by atoms with Crippen molar-refractivity contribution in [1.82, 2.24) is 5.32 Å². The first-order chi connectivity index (χ1) is 15.8. The van der Waals surface area contributed by atoms with Crippen LogP contribution in [0.25, 0.3) is 0 Å². The Morgan fingerprint density at radius 2 is 1.88 bits per heavy atom. The minimum absolute atomic E-state index is 0.0260. The molecule has 1 heterocycles. The van der Waals surface area contributed by atoms with Crippen LogP contribution in [0, 0.1) is 0 Å². The van der Waals surface area contributed by atoms with Crippen molar-refractivity contribution in [3.05, 3.63) is 86.2 Å². The van der Waals surface area contributed by atoms with E-state index < -0.39 is 11.9 Å². The number of halogens is 2. The van der Waals surface area contributed by atoms with E-state index in [0.717, 1.165) is 16.8 Å². The molecule has 33 heavy (non-hydrogen) atoms. The Bertz CT molecular complexity index is 1180. The predicted octanol–water partition coefficient (Wildman–Crippen LogP) is 5.93. The van der Waals surface area contributed by atoms with Crippen LogP contribution in [0.15, 0.2) is 65.0 Å². The molecule has 2 aliphatic rings. The van der Waals surface area contributed by atoms with E-state index in [1.54, 1.807) is 26.2 Å². The third-order valence-corrected chi connectivity index (χ3v) is 6.84. The lowest BCUT2D eigenvalue weighted by molar-refractivity contribution is -0.138. The maximum Gasteiger partial charge on any atom is 0.336 e. The molecule has 0 radical (unpaired) electrons. The predicted molar refractivity (Wildman–Crippen MR) is 129 cm³/mol. The molecule has 2 unspecified atom stereocenters. The summed E-state index contributed by atoms with van der Waals surface area (Å²) in [4.78, 5) is 26.5. The highest BCUT2D eigenvalue weighted by Gasteiger charge is 2.42. The summed E-state index contributed by atoms with van der Waals surface area (Å²) >= 11 is 12.7. The van der Waals surface area contributed by atoms with E-state index in [-0.39, 0.29) is 18.3 Å². The van der Waals surface area contributed by atoms with Crippen molar-refractivity contribution in [2.45, 2.75) is 38.5 Å². The summed E-state index contributed by atoms with van der Waals surface area (Å²) < 4.78 is 10.7. The smallest absolute Gasteiger partial charge is 0.336 e. The van der Waals surface area contributed by atoms with Crippen molar-refractivity contribution >= 4 is 35.0 Å². The number of ether oxygens (including phenoxy) is 2. The summed E-state index contributed by atoms with van der Waals surface area (Å²) in [7, 11) is 1.57. The molecule has 0 aromatic heterocycles. The molecule has 2 aromatic carbocycles. The fourth-order valence-electron chi connectivity index (χ4n) is 4.70. The van der Waals surface area contributed by atoms with Crippen molar-refractivity contribution in [3.8, 4) is 5.75 Å². The van der Waals surface area contributed by atoms with E-state index >= 15 is 0 Å². The highest BCUT2D eigenvalue weighted by atomic mass is 35.5. The van der Waals surface area contributed by atoms with Gasteiger partial charge in [0.15, 0.2) is 5.78 Å². The molecule has 0 saturated carbocycles. The number of rotatable bonds is 5. The number of methoxy groups -OCH3 is 1. The van der Waals surface area contributed by atoms with Gasteiger partial charge in [0.05, 0.1) is 24.3 Å². The number of benzene rings is 2. The highest BCUT2D eigenvalue weighted by molar-refractivity contribution is 6.32. The van der Waals surface area contributed by atoms with Gasteiger partial charge in [0.2, 0.25) is 0 Å². The Kier molecular flexibility index (Phi) is 6.82. The van der Waals surface area contributed by atoms with Gasteiger partial charge in [-0.15, -0.1) is 0 Å². The number of hydrogen-bond acceptors (Lipinski definition) is 5. The van der Waals surface area contributed by atoms with Gasteiger partial charge in [-0.25, -0.2) is 4.79 Å². The first-order valence-electron chi connectivity index (χ1n) is 10.8. The molecule has 5 nitrogen and oxygen atoms in total. The second-order valence-electron chi connectivity index (χ2n) is 8.15. The molecule has 0 spiro atoms. The monoisotopic (exact) mass is 485 g/mol. The molecule has 1 aliphatic carbocycles. The maximum atomic E-state index is 13.6. The van der Waals surface area contributed by atoms with Gasteiger partial charge in [0.1, 0.15) is 5.75 Å². The fourth-order valence-corrected chi connectivity index (χ4v) is 5.14. The van der Waals surface area contributed by atoms with E-state index in [4.69, 9.17) is 32.7 Å². The molecule has 2 aromatic rings. The SMILES string of the molecule is CCOC(=O)C1=C(C)NC2=C(C(=O)CC(c3ccc(Cl)c(OC)c3)C2)C1c1ccccc1Cl. The van der Waals surface area contributed by atoms with Crippen LogP contribution in [0.4, 0.5) is 0 Å². The number of allylic oxidation sites excluding steroid dienone is 3. The first kappa shape index (κ1) is 23.4. The Hall–Kier alpha value is -2.76. The van der Waals surface area contributed by atoms with Crippen molar-refractivity contribution in [1.29, 1.82) is 0 Å². The first-order valence-corrected chi connectivity index (χ1v) is 11.6. The zero-order valence-electron chi connectivity index (χ0n) is 18.7. The number of Topliss-reactive ketones (excluding diaryl/α,β-unsaturated/α-hetero) is 1. The van der Waals surface area contributed by atoms with Gasteiger partial charge in [-0.3, -0.25) is 4.79 Å². The van der Waals surface area contributed by atoms with Gasteiger partial charge in [-0.2, -0.15) is 0 Å². The molecule has 1 N–H and O–H groups in total. The van der Waals surface area contributed by atoms with Gasteiger partial charge >= 0.3 is 5.97 Å². The van der Waals surface area contributed by atoms with E-state index in [0.29, 0.717) is 45.5 Å². The molecule has 172 valence electrons. The quantitative estimate of drug-likeness (QED) is 0.531. The number of ketones is 1. The van der Waals surface area contributed by atoms with Crippen molar-refractivity contribution in [2.75, 3.05) is 13.7 Å². The number of nitrogens with one attached hydrogen (secondary N) is 1. The van der Waals surface area contributed by atoms with Crippen LogP contribution >= 0.6 is 23.2 Å². The number of hydrogen-bond donors (Lipinski definition) is 1. The zero-order valence-corrected chi connectivity index (χ0v) is 20.2. The van der Waals surface area contributed by atoms with Crippen LogP contribution in [0.5, 0.6) is 5.75 Å². The van der Waals surface area contributed by atoms with E-state index in [9.17, 15) is 9.59 Å². The van der Waals surface area contributed by atoms with Crippen LogP contribution < -0.4 is 10.1 Å². The maximum absolute atomic E-state index is 13.6. The van der Waals surface area contributed by atoms with Crippen LogP contribution in [-0.4, -0.2) is 25.5 Å². The van der Waals surface area contributed by atoms with Crippen molar-refractivity contribution in [3.63, 3.8) is 0 Å². The number of esters is 1. The molecule has 1 aliphatic heterocycles. The van der Waals surface area contributed by atoms with Gasteiger partial charge in [0.25, 0.3) is 0 Å². The number of carbonyl (C=O) groups excluding carboxylic acids is 2. The lowest BCUT2D eigenvalue weighted by Gasteiger charge is -2.37. The summed E-state index contributed by atoms with van der Waals surface area (Å²) in [6, 6.07) is 12.9. The van der Waals surface area contributed by atoms with Crippen LogP contribution in [0.3, 0.4) is 0 Å². The minimum atomic E-state index is -0.581. The van der Waals surface area contributed by atoms with E-state index in [2.05, 4.69) is 5.32 Å². The molecule has 0 saturated heterocycles. The van der Waals surface area contributed by atoms with Gasteiger partial charge in [-0.1, -0.05) is 47.5 Å². The third-order valence-electron chi connectivity index (χ3n) is 6.19. The average Bonchev–Trinajstić information content (AvgIpc) is 2.78. The zero-order chi connectivity index (χ0) is 23.7. The van der Waals surface area contributed by atoms with Gasteiger partial charge in [-0.05, 0) is 55.5 Å². The molecule has 0 fully saturated rings. The molecule has 4 rings (SSSR count). The van der Waals surface area contributed by atoms with Crippen molar-refractivity contribution in [2.24, 2.45) is 0 Å². The summed E-state index contributed by atoms with van der Waals surface area (Å²) in [5.74, 6) is -0.521. The number of dihydropyridines is 1. The van der Waals surface area contributed by atoms with E-state index in [1.807, 2.05) is 37.3 Å². The van der Waals surface area contributed by atoms with E-state index in [1.165, 1.54) is 0 Å². The normalized spacial score (nSPS) is 20.3. The third kappa shape index (κ3) is 4.40. The lowest BCUT2D eigenvalue weighted by Crippen LogP contribution is -2.36. The molecular weight excluding hydrogens is 461 g/mol. The minimum Gasteiger partial charge on any atom is -0.495 e. The molecule has 2 atom stereocenters. The second kappa shape index (κ2) is 9.62. The van der Waals surface area contributed by atoms with Crippen molar-refractivity contribution < 1.29 is 19.1 Å². The largest absolute Gasteiger partial charge is 0.495 e. The highest BCUT2D eigenvalue weighted by Crippen LogP contribution is 2.47. The molecule has 0 amide bonds. The Morgan fingerprint density at radius 1 is 1.12 bits per heavy atom. The Labute approximate surface area is 203 Å². The van der Waals surface area contributed by atoms with Gasteiger partial charge in [0, 0.05) is 34.3 Å². The van der Waals surface area contributed by atoms with Crippen LogP contribution in [0.2, 0.25) is 10.0 Å². The summed E-state index contributed by atoms with van der Waals surface area (Å²) in [5.41, 5.74) is 4.16. The molecule has 0 bridgehead atoms. The second-order valence-corrected chi connectivity index (χ2v) is 8.97. The lowest BCUT2D eigenvalue weighted by atomic mass is 9.71. The fraction of sp³-hybridized carbons (Fsp3) is 0.308. The summed E-state index contributed by atoms with van der Waals surface area (Å²) in [6.07, 6.45) is 0.918. The average molecular weight is 486 g/mol. The standard InChI is InChI=1S/C26H25Cl2NO4/c1-4-33-26(31)23-14(2)29-20-11-16(15-9-10-19(28)22(13-15)32-3)12-21(30)25(20)24(23)17-7-5-6-8-18(17)27/h5-10,13,16,24,29H,4,11-12H2,1-3H3. The van der Waals surface area contributed by atoms with Crippen LogP contribution in [0.1, 0.15) is 49.7 Å². The summed E-state index contributed by atoms with van der Waals surface area (Å²) in [6.45, 7) is 3.83. The Morgan fingerprint density at radius 3 is 2.58 bits per heavy atom.